The SMILES string of the molecule is CCC1=C(C(=O)OC)[C@H](c2ccccc2)n2c(s/c(=C\c3ccccc3OCc3ccc([N+](=O)[O-])cc3)c2=O)=N1. The van der Waals surface area contributed by atoms with Crippen LogP contribution in [0.5, 0.6) is 5.75 Å². The number of carbonyl (C=O) groups is 1. The molecular weight excluding hydrogens is 530 g/mol. The maximum Gasteiger partial charge on any atom is 0.338 e. The zero-order valence-corrected chi connectivity index (χ0v) is 22.6. The van der Waals surface area contributed by atoms with Crippen molar-refractivity contribution in [3.8, 4) is 5.75 Å². The molecule has 2 heterocycles. The van der Waals surface area contributed by atoms with E-state index < -0.39 is 16.9 Å². The molecule has 5 rings (SSSR count). The number of nitrogens with zero attached hydrogens (tertiary/aromatic N) is 3. The molecule has 1 aliphatic rings. The minimum absolute atomic E-state index is 0.00918. The highest BCUT2D eigenvalue weighted by Gasteiger charge is 2.33. The number of nitro benzene ring substituents is 1. The highest BCUT2D eigenvalue weighted by molar-refractivity contribution is 7.07. The van der Waals surface area contributed by atoms with E-state index in [0.29, 0.717) is 38.3 Å². The molecule has 202 valence electrons. The first kappa shape index (κ1) is 26.8. The Labute approximate surface area is 233 Å². The number of allylic oxidation sites excluding steroid dienone is 1. The largest absolute Gasteiger partial charge is 0.488 e. The zero-order chi connectivity index (χ0) is 28.2. The second-order valence-corrected chi connectivity index (χ2v) is 9.96. The van der Waals surface area contributed by atoms with Gasteiger partial charge in [-0.05, 0) is 41.8 Å². The van der Waals surface area contributed by atoms with Crippen LogP contribution >= 0.6 is 11.3 Å². The highest BCUT2D eigenvalue weighted by atomic mass is 32.1. The minimum atomic E-state index is -0.671. The summed E-state index contributed by atoms with van der Waals surface area (Å²) in [5.74, 6) is 0.0320. The van der Waals surface area contributed by atoms with Crippen molar-refractivity contribution in [2.24, 2.45) is 4.99 Å². The molecule has 0 bridgehead atoms. The van der Waals surface area contributed by atoms with E-state index in [9.17, 15) is 19.7 Å². The molecule has 0 spiro atoms. The van der Waals surface area contributed by atoms with Crippen molar-refractivity contribution in [2.45, 2.75) is 26.0 Å². The van der Waals surface area contributed by atoms with Gasteiger partial charge in [-0.3, -0.25) is 19.5 Å². The number of hydrogen-bond acceptors (Lipinski definition) is 8. The zero-order valence-electron chi connectivity index (χ0n) is 21.8. The van der Waals surface area contributed by atoms with Gasteiger partial charge in [-0.15, -0.1) is 0 Å². The van der Waals surface area contributed by atoms with Gasteiger partial charge >= 0.3 is 5.97 Å². The molecule has 3 aromatic carbocycles. The number of benzene rings is 3. The van der Waals surface area contributed by atoms with Gasteiger partial charge in [0.25, 0.3) is 11.2 Å². The molecule has 4 aromatic rings. The van der Waals surface area contributed by atoms with Crippen molar-refractivity contribution in [1.82, 2.24) is 4.57 Å². The topological polar surface area (TPSA) is 113 Å². The predicted octanol–water partition coefficient (Wildman–Crippen LogP) is 4.29. The van der Waals surface area contributed by atoms with Gasteiger partial charge in [-0.2, -0.15) is 0 Å². The fraction of sp³-hybridized carbons (Fsp3) is 0.167. The number of fused-ring (bicyclic) bond motifs is 1. The number of hydrogen-bond donors (Lipinski definition) is 0. The van der Waals surface area contributed by atoms with E-state index in [1.807, 2.05) is 55.5 Å². The molecule has 0 aliphatic carbocycles. The van der Waals surface area contributed by atoms with Crippen LogP contribution in [0.3, 0.4) is 0 Å². The number of ether oxygens (including phenoxy) is 2. The molecule has 9 nitrogen and oxygen atoms in total. The van der Waals surface area contributed by atoms with Crippen LogP contribution in [-0.4, -0.2) is 22.6 Å². The van der Waals surface area contributed by atoms with E-state index >= 15 is 0 Å². The molecule has 0 saturated heterocycles. The van der Waals surface area contributed by atoms with E-state index in [-0.39, 0.29) is 17.9 Å². The second kappa shape index (κ2) is 11.5. The number of para-hydroxylation sites is 1. The fourth-order valence-electron chi connectivity index (χ4n) is 4.56. The van der Waals surface area contributed by atoms with Gasteiger partial charge < -0.3 is 9.47 Å². The number of thiazole rings is 1. The number of carbonyl (C=O) groups excluding carboxylic acids is 1. The Hall–Kier alpha value is -4.83. The summed E-state index contributed by atoms with van der Waals surface area (Å²) in [7, 11) is 1.32. The number of methoxy groups -OCH3 is 1. The van der Waals surface area contributed by atoms with Crippen LogP contribution in [0.1, 0.15) is 36.1 Å². The number of rotatable bonds is 8. The Morgan fingerprint density at radius 1 is 1.07 bits per heavy atom. The second-order valence-electron chi connectivity index (χ2n) is 8.95. The third-order valence-corrected chi connectivity index (χ3v) is 7.50. The van der Waals surface area contributed by atoms with Gasteiger partial charge in [0.2, 0.25) is 0 Å². The molecule has 0 N–H and O–H groups in total. The summed E-state index contributed by atoms with van der Waals surface area (Å²) in [4.78, 5) is 42.4. The van der Waals surface area contributed by atoms with E-state index in [1.165, 1.54) is 30.6 Å². The van der Waals surface area contributed by atoms with Gasteiger partial charge in [0.1, 0.15) is 12.4 Å². The Bertz CT molecular complexity index is 1790. The van der Waals surface area contributed by atoms with Crippen molar-refractivity contribution in [3.63, 3.8) is 0 Å². The Morgan fingerprint density at radius 2 is 1.77 bits per heavy atom. The van der Waals surface area contributed by atoms with E-state index in [1.54, 1.807) is 28.8 Å². The number of nitro groups is 1. The molecule has 10 heteroatoms. The summed E-state index contributed by atoms with van der Waals surface area (Å²) in [5, 5.41) is 10.9. The first-order valence-corrected chi connectivity index (χ1v) is 13.4. The van der Waals surface area contributed by atoms with Crippen LogP contribution in [0.25, 0.3) is 6.08 Å². The van der Waals surface area contributed by atoms with Crippen LogP contribution < -0.4 is 19.6 Å². The lowest BCUT2D eigenvalue weighted by molar-refractivity contribution is -0.384. The average molecular weight is 556 g/mol. The average Bonchev–Trinajstić information content (AvgIpc) is 3.30. The van der Waals surface area contributed by atoms with Crippen molar-refractivity contribution >= 4 is 29.1 Å². The maximum atomic E-state index is 13.8. The van der Waals surface area contributed by atoms with Crippen LogP contribution in [0, 0.1) is 10.1 Å². The molecule has 1 aliphatic heterocycles. The summed E-state index contributed by atoms with van der Waals surface area (Å²) in [6, 6.07) is 22.2. The van der Waals surface area contributed by atoms with Crippen LogP contribution in [-0.2, 0) is 16.1 Å². The Balaban J connectivity index is 1.56. The Kier molecular flexibility index (Phi) is 7.70. The van der Waals surface area contributed by atoms with Crippen molar-refractivity contribution in [1.29, 1.82) is 0 Å². The smallest absolute Gasteiger partial charge is 0.338 e. The summed E-state index contributed by atoms with van der Waals surface area (Å²) >= 11 is 1.25. The number of non-ortho nitro benzene ring substituents is 1. The third kappa shape index (κ3) is 5.21. The molecule has 0 radical (unpaired) electrons. The van der Waals surface area contributed by atoms with Gasteiger partial charge in [-0.1, -0.05) is 66.8 Å². The van der Waals surface area contributed by atoms with Gasteiger partial charge in [-0.25, -0.2) is 9.79 Å². The van der Waals surface area contributed by atoms with Crippen LogP contribution in [0.4, 0.5) is 5.69 Å². The lowest BCUT2D eigenvalue weighted by Crippen LogP contribution is -2.40. The minimum Gasteiger partial charge on any atom is -0.488 e. The summed E-state index contributed by atoms with van der Waals surface area (Å²) in [6.45, 7) is 2.11. The number of esters is 1. The molecule has 1 aromatic heterocycles. The van der Waals surface area contributed by atoms with Gasteiger partial charge in [0.05, 0.1) is 33.9 Å². The standard InChI is InChI=1S/C30H25N3O6S/c1-3-23-26(29(35)38-2)27(20-9-5-4-6-10-20)32-28(34)25(40-30(32)31-23)17-21-11-7-8-12-24(21)39-18-19-13-15-22(16-14-19)33(36)37/h4-17,27H,3,18H2,1-2H3/b25-17-/t27-/m0/s1. The van der Waals surface area contributed by atoms with Crippen molar-refractivity contribution in [3.05, 3.63) is 137 Å². The fourth-order valence-corrected chi connectivity index (χ4v) is 5.57. The quantitative estimate of drug-likeness (QED) is 0.182. The lowest BCUT2D eigenvalue weighted by Gasteiger charge is -2.25. The van der Waals surface area contributed by atoms with Gasteiger partial charge in [0, 0.05) is 17.7 Å². The first-order valence-electron chi connectivity index (χ1n) is 12.5. The predicted molar refractivity (Wildman–Crippen MR) is 151 cm³/mol. The first-order chi connectivity index (χ1) is 19.4. The van der Waals surface area contributed by atoms with E-state index in [4.69, 9.17) is 14.5 Å². The molecule has 40 heavy (non-hydrogen) atoms. The highest BCUT2D eigenvalue weighted by Crippen LogP contribution is 2.31. The monoisotopic (exact) mass is 555 g/mol. The van der Waals surface area contributed by atoms with Crippen LogP contribution in [0.15, 0.2) is 99.9 Å². The number of aromatic nitrogens is 1. The molecular formula is C30H25N3O6S. The van der Waals surface area contributed by atoms with Crippen LogP contribution in [0.2, 0.25) is 0 Å². The third-order valence-electron chi connectivity index (χ3n) is 6.51. The van der Waals surface area contributed by atoms with Gasteiger partial charge in [0.15, 0.2) is 4.80 Å². The molecule has 1 atom stereocenters. The summed E-state index contributed by atoms with van der Waals surface area (Å²) < 4.78 is 13.1. The molecule has 0 amide bonds. The van der Waals surface area contributed by atoms with Crippen molar-refractivity contribution in [2.75, 3.05) is 7.11 Å². The summed E-state index contributed by atoms with van der Waals surface area (Å²) in [6.07, 6.45) is 2.25. The van der Waals surface area contributed by atoms with E-state index in [2.05, 4.69) is 0 Å². The van der Waals surface area contributed by atoms with E-state index in [0.717, 1.165) is 11.1 Å². The summed E-state index contributed by atoms with van der Waals surface area (Å²) in [5.41, 5.74) is 2.90. The lowest BCUT2D eigenvalue weighted by atomic mass is 9.95. The Morgan fingerprint density at radius 3 is 2.45 bits per heavy atom. The molecule has 0 fully saturated rings. The maximum absolute atomic E-state index is 13.8. The van der Waals surface area contributed by atoms with Crippen molar-refractivity contribution < 1.29 is 19.2 Å². The molecule has 0 saturated carbocycles. The molecule has 0 unspecified atom stereocenters. The normalized spacial score (nSPS) is 14.8.